The van der Waals surface area contributed by atoms with Gasteiger partial charge < -0.3 is 15.5 Å². The average molecular weight is 430 g/mol. The lowest BCUT2D eigenvalue weighted by molar-refractivity contribution is -0.122. The number of anilines is 2. The maximum absolute atomic E-state index is 12.6. The summed E-state index contributed by atoms with van der Waals surface area (Å²) in [5.74, 6) is -0.911. The van der Waals surface area contributed by atoms with Crippen LogP contribution in [-0.4, -0.2) is 40.1 Å². The zero-order valence-electron chi connectivity index (χ0n) is 16.5. The molecule has 0 bridgehead atoms. The largest absolute Gasteiger partial charge is 0.352 e. The molecule has 1 saturated heterocycles. The molecule has 1 atom stereocenters. The highest BCUT2D eigenvalue weighted by Crippen LogP contribution is 2.27. The van der Waals surface area contributed by atoms with Crippen LogP contribution in [0, 0.1) is 5.92 Å². The van der Waals surface area contributed by atoms with Crippen LogP contribution in [0.3, 0.4) is 0 Å². The Hall–Kier alpha value is -2.87. The van der Waals surface area contributed by atoms with E-state index in [2.05, 4.69) is 15.7 Å². The smallest absolute Gasteiger partial charge is 0.241 e. The van der Waals surface area contributed by atoms with Crippen molar-refractivity contribution in [1.29, 1.82) is 0 Å². The van der Waals surface area contributed by atoms with Crippen molar-refractivity contribution in [2.75, 3.05) is 16.8 Å². The summed E-state index contributed by atoms with van der Waals surface area (Å²) in [5, 5.41) is 10.5. The summed E-state index contributed by atoms with van der Waals surface area (Å²) in [5.41, 5.74) is 1.19. The standard InChI is InChI=1S/C21H24ClN5O3/c22-15-4-3-7-18(9-15)27-11-14(8-20(27)29)21(30)25-17-10-23-26(12-17)13-19(28)24-16-5-1-2-6-16/h3-4,7,9-10,12,14,16H,1-2,5-6,8,11,13H2,(H,24,28)(H,25,30). The van der Waals surface area contributed by atoms with Gasteiger partial charge in [0.1, 0.15) is 6.54 Å². The molecule has 1 aromatic heterocycles. The minimum Gasteiger partial charge on any atom is -0.352 e. The van der Waals surface area contributed by atoms with E-state index in [1.807, 2.05) is 0 Å². The van der Waals surface area contributed by atoms with Crippen molar-refractivity contribution in [3.05, 3.63) is 41.7 Å². The van der Waals surface area contributed by atoms with Crippen molar-refractivity contribution in [2.45, 2.75) is 44.7 Å². The SMILES string of the molecule is O=C(Cn1cc(NC(=O)C2CC(=O)N(c3cccc(Cl)c3)C2)cn1)NC1CCCC1. The van der Waals surface area contributed by atoms with Crippen LogP contribution in [0.1, 0.15) is 32.1 Å². The highest BCUT2D eigenvalue weighted by Gasteiger charge is 2.35. The molecule has 1 aromatic carbocycles. The second-order valence-electron chi connectivity index (χ2n) is 7.85. The highest BCUT2D eigenvalue weighted by molar-refractivity contribution is 6.31. The van der Waals surface area contributed by atoms with Crippen LogP contribution in [-0.2, 0) is 20.9 Å². The van der Waals surface area contributed by atoms with Gasteiger partial charge in [0.05, 0.1) is 17.8 Å². The van der Waals surface area contributed by atoms with Crippen molar-refractivity contribution >= 4 is 40.7 Å². The lowest BCUT2D eigenvalue weighted by atomic mass is 10.1. The van der Waals surface area contributed by atoms with Crippen molar-refractivity contribution in [2.24, 2.45) is 5.92 Å². The third-order valence-corrected chi connectivity index (χ3v) is 5.78. The van der Waals surface area contributed by atoms with E-state index < -0.39 is 5.92 Å². The number of rotatable bonds is 6. The molecule has 9 heteroatoms. The molecule has 8 nitrogen and oxygen atoms in total. The van der Waals surface area contributed by atoms with Gasteiger partial charge in [-0.2, -0.15) is 5.10 Å². The molecule has 30 heavy (non-hydrogen) atoms. The van der Waals surface area contributed by atoms with E-state index in [4.69, 9.17) is 11.6 Å². The number of nitrogens with zero attached hydrogens (tertiary/aromatic N) is 3. The summed E-state index contributed by atoms with van der Waals surface area (Å²) >= 11 is 6.01. The molecule has 1 unspecified atom stereocenters. The van der Waals surface area contributed by atoms with Crippen LogP contribution in [0.15, 0.2) is 36.7 Å². The zero-order valence-corrected chi connectivity index (χ0v) is 17.3. The predicted octanol–water partition coefficient (Wildman–Crippen LogP) is 2.59. The van der Waals surface area contributed by atoms with Gasteiger partial charge in [0, 0.05) is 35.9 Å². The van der Waals surface area contributed by atoms with Crippen LogP contribution in [0.4, 0.5) is 11.4 Å². The first-order valence-electron chi connectivity index (χ1n) is 10.2. The Morgan fingerprint density at radius 2 is 2.03 bits per heavy atom. The molecule has 4 rings (SSSR count). The van der Waals surface area contributed by atoms with Gasteiger partial charge in [-0.15, -0.1) is 0 Å². The maximum Gasteiger partial charge on any atom is 0.241 e. The summed E-state index contributed by atoms with van der Waals surface area (Å²) in [6.45, 7) is 0.403. The fraction of sp³-hybridized carbons (Fsp3) is 0.429. The topological polar surface area (TPSA) is 96.3 Å². The summed E-state index contributed by atoms with van der Waals surface area (Å²) in [6, 6.07) is 7.27. The van der Waals surface area contributed by atoms with Gasteiger partial charge in [0.15, 0.2) is 0 Å². The first-order valence-corrected chi connectivity index (χ1v) is 10.5. The van der Waals surface area contributed by atoms with Crippen molar-refractivity contribution in [3.8, 4) is 0 Å². The third kappa shape index (κ3) is 4.81. The number of amides is 3. The molecule has 2 fully saturated rings. The molecule has 1 saturated carbocycles. The maximum atomic E-state index is 12.6. The van der Waals surface area contributed by atoms with Crippen molar-refractivity contribution < 1.29 is 14.4 Å². The molecule has 0 spiro atoms. The quantitative estimate of drug-likeness (QED) is 0.737. The number of carbonyl (C=O) groups is 3. The molecule has 2 N–H and O–H groups in total. The van der Waals surface area contributed by atoms with Gasteiger partial charge in [-0.3, -0.25) is 19.1 Å². The van der Waals surface area contributed by atoms with E-state index >= 15 is 0 Å². The molecule has 1 aliphatic heterocycles. The van der Waals surface area contributed by atoms with Crippen LogP contribution in [0.2, 0.25) is 5.02 Å². The molecule has 3 amide bonds. The minimum atomic E-state index is -0.467. The predicted molar refractivity (Wildman–Crippen MR) is 113 cm³/mol. The number of hydrogen-bond donors (Lipinski definition) is 2. The number of nitrogens with one attached hydrogen (secondary N) is 2. The Morgan fingerprint density at radius 3 is 2.80 bits per heavy atom. The zero-order chi connectivity index (χ0) is 21.1. The van der Waals surface area contributed by atoms with E-state index in [0.717, 1.165) is 25.7 Å². The molecular weight excluding hydrogens is 406 g/mol. The summed E-state index contributed by atoms with van der Waals surface area (Å²) < 4.78 is 1.50. The highest BCUT2D eigenvalue weighted by atomic mass is 35.5. The van der Waals surface area contributed by atoms with Gasteiger partial charge in [-0.1, -0.05) is 30.5 Å². The molecule has 158 valence electrons. The van der Waals surface area contributed by atoms with Gasteiger partial charge in [-0.25, -0.2) is 0 Å². The van der Waals surface area contributed by atoms with Gasteiger partial charge in [0.2, 0.25) is 17.7 Å². The first-order chi connectivity index (χ1) is 14.5. The molecule has 1 aliphatic carbocycles. The average Bonchev–Trinajstić information content (AvgIpc) is 3.44. The van der Waals surface area contributed by atoms with E-state index in [9.17, 15) is 14.4 Å². The second kappa shape index (κ2) is 8.87. The molecule has 0 radical (unpaired) electrons. The monoisotopic (exact) mass is 429 g/mol. The second-order valence-corrected chi connectivity index (χ2v) is 8.29. The lowest BCUT2D eigenvalue weighted by Crippen LogP contribution is -2.35. The van der Waals surface area contributed by atoms with Crippen molar-refractivity contribution in [1.82, 2.24) is 15.1 Å². The Kier molecular flexibility index (Phi) is 6.03. The molecule has 2 aliphatic rings. The fourth-order valence-electron chi connectivity index (χ4n) is 4.03. The van der Waals surface area contributed by atoms with E-state index in [-0.39, 0.29) is 36.7 Å². The number of aromatic nitrogens is 2. The van der Waals surface area contributed by atoms with Gasteiger partial charge >= 0.3 is 0 Å². The third-order valence-electron chi connectivity index (χ3n) is 5.54. The number of halogens is 1. The Balaban J connectivity index is 1.31. The normalized spacial score (nSPS) is 19.3. The fourth-order valence-corrected chi connectivity index (χ4v) is 4.21. The van der Waals surface area contributed by atoms with E-state index in [0.29, 0.717) is 22.9 Å². The van der Waals surface area contributed by atoms with Gasteiger partial charge in [-0.05, 0) is 31.0 Å². The summed E-state index contributed by atoms with van der Waals surface area (Å²) in [4.78, 5) is 38.7. The van der Waals surface area contributed by atoms with Crippen LogP contribution >= 0.6 is 11.6 Å². The van der Waals surface area contributed by atoms with Crippen LogP contribution < -0.4 is 15.5 Å². The minimum absolute atomic E-state index is 0.0820. The van der Waals surface area contributed by atoms with E-state index in [1.54, 1.807) is 35.4 Å². The van der Waals surface area contributed by atoms with Crippen molar-refractivity contribution in [3.63, 3.8) is 0 Å². The summed E-state index contributed by atoms with van der Waals surface area (Å²) in [6.07, 6.45) is 7.62. The molecule has 2 aromatic rings. The number of benzene rings is 1. The van der Waals surface area contributed by atoms with Crippen LogP contribution in [0.25, 0.3) is 0 Å². The first kappa shape index (κ1) is 20.4. The molecular formula is C21H24ClN5O3. The van der Waals surface area contributed by atoms with Crippen LogP contribution in [0.5, 0.6) is 0 Å². The lowest BCUT2D eigenvalue weighted by Gasteiger charge is -2.16. The Bertz CT molecular complexity index is 954. The Labute approximate surface area is 179 Å². The van der Waals surface area contributed by atoms with Gasteiger partial charge in [0.25, 0.3) is 0 Å². The Morgan fingerprint density at radius 1 is 1.23 bits per heavy atom. The number of carbonyl (C=O) groups excluding carboxylic acids is 3. The molecule has 2 heterocycles. The number of hydrogen-bond acceptors (Lipinski definition) is 4. The summed E-state index contributed by atoms with van der Waals surface area (Å²) in [7, 11) is 0. The van der Waals surface area contributed by atoms with E-state index in [1.165, 1.54) is 10.9 Å².